The van der Waals surface area contributed by atoms with Gasteiger partial charge in [-0.05, 0) is 26.8 Å². The molecule has 2 aromatic rings. The van der Waals surface area contributed by atoms with Crippen molar-refractivity contribution in [3.05, 3.63) is 34.3 Å². The maximum absolute atomic E-state index is 4.60. The van der Waals surface area contributed by atoms with Gasteiger partial charge in [-0.3, -0.25) is 0 Å². The van der Waals surface area contributed by atoms with Gasteiger partial charge in [0.25, 0.3) is 0 Å². The molecule has 0 saturated heterocycles. The molecule has 0 aromatic carbocycles. The maximum Gasteiger partial charge on any atom is 0.132 e. The molecule has 2 aromatic heterocycles. The molecule has 0 aliphatic rings. The van der Waals surface area contributed by atoms with Crippen molar-refractivity contribution < 1.29 is 0 Å². The van der Waals surface area contributed by atoms with Crippen molar-refractivity contribution in [2.45, 2.75) is 39.8 Å². The van der Waals surface area contributed by atoms with Crippen LogP contribution < -0.4 is 5.32 Å². The van der Waals surface area contributed by atoms with Gasteiger partial charge in [0.15, 0.2) is 0 Å². The van der Waals surface area contributed by atoms with E-state index >= 15 is 0 Å². The van der Waals surface area contributed by atoms with E-state index < -0.39 is 0 Å². The summed E-state index contributed by atoms with van der Waals surface area (Å²) in [6.45, 7) is 8.24. The van der Waals surface area contributed by atoms with E-state index in [1.165, 1.54) is 0 Å². The Hall–Kier alpha value is -1.20. The topological polar surface area (TPSA) is 42.7 Å². The fraction of sp³-hybridized carbons (Fsp3) is 0.538. The lowest BCUT2D eigenvalue weighted by atomic mass is 10.2. The van der Waals surface area contributed by atoms with Gasteiger partial charge in [-0.1, -0.05) is 6.92 Å². The Morgan fingerprint density at radius 3 is 2.89 bits per heavy atom. The number of aryl methyl sites for hydroxylation is 2. The molecule has 1 N–H and O–H groups in total. The molecule has 0 fully saturated rings. The van der Waals surface area contributed by atoms with Gasteiger partial charge in [0.05, 0.1) is 10.7 Å². The third kappa shape index (κ3) is 2.79. The van der Waals surface area contributed by atoms with Crippen molar-refractivity contribution in [3.8, 4) is 0 Å². The van der Waals surface area contributed by atoms with E-state index in [9.17, 15) is 0 Å². The summed E-state index contributed by atoms with van der Waals surface area (Å²) in [5.74, 6) is 1.05. The second kappa shape index (κ2) is 6.11. The molecule has 98 valence electrons. The average Bonchev–Trinajstić information content (AvgIpc) is 2.99. The van der Waals surface area contributed by atoms with Crippen LogP contribution in [0.15, 0.2) is 17.8 Å². The van der Waals surface area contributed by atoms with Crippen molar-refractivity contribution in [2.75, 3.05) is 6.54 Å². The van der Waals surface area contributed by atoms with Crippen LogP contribution in [0, 0.1) is 6.92 Å². The maximum atomic E-state index is 4.60. The van der Waals surface area contributed by atoms with Crippen LogP contribution in [0.1, 0.15) is 42.8 Å². The number of thiazole rings is 1. The second-order valence-electron chi connectivity index (χ2n) is 4.25. The highest BCUT2D eigenvalue weighted by Crippen LogP contribution is 2.22. The zero-order valence-electron chi connectivity index (χ0n) is 11.2. The minimum absolute atomic E-state index is 0.102. The molecule has 2 heterocycles. The first kappa shape index (κ1) is 13.2. The molecule has 0 amide bonds. The van der Waals surface area contributed by atoms with E-state index in [0.717, 1.165) is 36.0 Å². The van der Waals surface area contributed by atoms with Crippen LogP contribution in [0.25, 0.3) is 0 Å². The fourth-order valence-electron chi connectivity index (χ4n) is 1.98. The van der Waals surface area contributed by atoms with E-state index in [-0.39, 0.29) is 6.04 Å². The molecular weight excluding hydrogens is 244 g/mol. The molecular formula is C13H20N4S. The third-order valence-electron chi connectivity index (χ3n) is 2.88. The molecule has 2 rings (SSSR count). The Labute approximate surface area is 112 Å². The first-order valence-electron chi connectivity index (χ1n) is 6.42. The van der Waals surface area contributed by atoms with Crippen molar-refractivity contribution in [2.24, 2.45) is 0 Å². The van der Waals surface area contributed by atoms with Crippen molar-refractivity contribution in [1.29, 1.82) is 0 Å². The first-order valence-corrected chi connectivity index (χ1v) is 7.30. The first-order chi connectivity index (χ1) is 8.76. The predicted molar refractivity (Wildman–Crippen MR) is 74.9 cm³/mol. The highest BCUT2D eigenvalue weighted by atomic mass is 32.1. The summed E-state index contributed by atoms with van der Waals surface area (Å²) in [6, 6.07) is 0.102. The van der Waals surface area contributed by atoms with E-state index in [2.05, 4.69) is 39.1 Å². The molecule has 0 bridgehead atoms. The van der Waals surface area contributed by atoms with Gasteiger partial charge in [0.2, 0.25) is 0 Å². The van der Waals surface area contributed by atoms with Gasteiger partial charge in [0.1, 0.15) is 11.9 Å². The number of hydrogen-bond donors (Lipinski definition) is 1. The molecule has 4 nitrogen and oxygen atoms in total. The number of rotatable bonds is 6. The van der Waals surface area contributed by atoms with Gasteiger partial charge in [0, 0.05) is 24.3 Å². The van der Waals surface area contributed by atoms with Crippen molar-refractivity contribution in [3.63, 3.8) is 0 Å². The number of nitrogens with zero attached hydrogens (tertiary/aromatic N) is 3. The highest BCUT2D eigenvalue weighted by molar-refractivity contribution is 7.09. The monoisotopic (exact) mass is 264 g/mol. The lowest BCUT2D eigenvalue weighted by Gasteiger charge is -2.17. The standard InChI is InChI=1S/C13H20N4S/c1-4-6-14-12(11-9-18-10(3)16-11)13-15-7-8-17(13)5-2/h7-9,12,14H,4-6H2,1-3H3. The highest BCUT2D eigenvalue weighted by Gasteiger charge is 2.20. The van der Waals surface area contributed by atoms with E-state index in [0.29, 0.717) is 0 Å². The summed E-state index contributed by atoms with van der Waals surface area (Å²) >= 11 is 1.69. The Morgan fingerprint density at radius 1 is 1.44 bits per heavy atom. The van der Waals surface area contributed by atoms with Gasteiger partial charge < -0.3 is 9.88 Å². The molecule has 0 aliphatic carbocycles. The third-order valence-corrected chi connectivity index (χ3v) is 3.67. The predicted octanol–water partition coefficient (Wildman–Crippen LogP) is 2.76. The Bertz CT molecular complexity index is 489. The molecule has 5 heteroatoms. The molecule has 0 saturated carbocycles. The largest absolute Gasteiger partial charge is 0.334 e. The lowest BCUT2D eigenvalue weighted by molar-refractivity contribution is 0.533. The summed E-state index contributed by atoms with van der Waals surface area (Å²) in [5, 5.41) is 6.76. The zero-order chi connectivity index (χ0) is 13.0. The van der Waals surface area contributed by atoms with Crippen LogP contribution in [0.2, 0.25) is 0 Å². The summed E-state index contributed by atoms with van der Waals surface area (Å²) in [7, 11) is 0. The van der Waals surface area contributed by atoms with Crippen LogP contribution in [0.3, 0.4) is 0 Å². The minimum Gasteiger partial charge on any atom is -0.334 e. The summed E-state index contributed by atoms with van der Waals surface area (Å²) in [6.07, 6.45) is 4.99. The SMILES string of the molecule is CCCNC(c1csc(C)n1)c1nccn1CC. The van der Waals surface area contributed by atoms with Gasteiger partial charge in [-0.25, -0.2) is 9.97 Å². The smallest absolute Gasteiger partial charge is 0.132 e. The van der Waals surface area contributed by atoms with Crippen LogP contribution in [-0.4, -0.2) is 21.1 Å². The van der Waals surface area contributed by atoms with E-state index in [1.807, 2.05) is 19.3 Å². The molecule has 0 aliphatic heterocycles. The van der Waals surface area contributed by atoms with Crippen LogP contribution in [0.4, 0.5) is 0 Å². The molecule has 0 radical (unpaired) electrons. The van der Waals surface area contributed by atoms with Crippen molar-refractivity contribution >= 4 is 11.3 Å². The Morgan fingerprint density at radius 2 is 2.28 bits per heavy atom. The molecule has 0 spiro atoms. The number of imidazole rings is 1. The lowest BCUT2D eigenvalue weighted by Crippen LogP contribution is -2.26. The molecule has 18 heavy (non-hydrogen) atoms. The Kier molecular flexibility index (Phi) is 4.49. The van der Waals surface area contributed by atoms with E-state index in [1.54, 1.807) is 11.3 Å². The second-order valence-corrected chi connectivity index (χ2v) is 5.31. The number of hydrogen-bond acceptors (Lipinski definition) is 4. The van der Waals surface area contributed by atoms with Crippen LogP contribution in [0.5, 0.6) is 0 Å². The minimum atomic E-state index is 0.102. The summed E-state index contributed by atoms with van der Waals surface area (Å²) < 4.78 is 2.17. The molecule has 1 unspecified atom stereocenters. The quantitative estimate of drug-likeness (QED) is 0.872. The number of aromatic nitrogens is 3. The Balaban J connectivity index is 2.30. The summed E-state index contributed by atoms with van der Waals surface area (Å²) in [4.78, 5) is 9.09. The average molecular weight is 264 g/mol. The van der Waals surface area contributed by atoms with Crippen molar-refractivity contribution in [1.82, 2.24) is 19.9 Å². The fourth-order valence-corrected chi connectivity index (χ4v) is 2.62. The van der Waals surface area contributed by atoms with Crippen LogP contribution in [-0.2, 0) is 6.54 Å². The van der Waals surface area contributed by atoms with Gasteiger partial charge >= 0.3 is 0 Å². The number of nitrogens with one attached hydrogen (secondary N) is 1. The van der Waals surface area contributed by atoms with E-state index in [4.69, 9.17) is 0 Å². The zero-order valence-corrected chi connectivity index (χ0v) is 12.0. The van der Waals surface area contributed by atoms with Gasteiger partial charge in [-0.15, -0.1) is 11.3 Å². The van der Waals surface area contributed by atoms with Crippen LogP contribution >= 0.6 is 11.3 Å². The summed E-state index contributed by atoms with van der Waals surface area (Å²) in [5.41, 5.74) is 1.08. The molecule has 1 atom stereocenters. The normalized spacial score (nSPS) is 12.8. The van der Waals surface area contributed by atoms with Gasteiger partial charge in [-0.2, -0.15) is 0 Å².